The molecule has 1 N–H and O–H groups in total. The Labute approximate surface area is 122 Å². The number of rotatable bonds is 7. The van der Waals surface area contributed by atoms with Crippen molar-refractivity contribution < 1.29 is 14.1 Å². The van der Waals surface area contributed by atoms with E-state index in [1.54, 1.807) is 32.2 Å². The van der Waals surface area contributed by atoms with Crippen LogP contribution in [0.15, 0.2) is 28.8 Å². The maximum absolute atomic E-state index is 11.2. The van der Waals surface area contributed by atoms with E-state index < -0.39 is 4.92 Å². The van der Waals surface area contributed by atoms with Crippen LogP contribution in [0.1, 0.15) is 11.5 Å². The Hall–Kier alpha value is -2.25. The topological polar surface area (TPSA) is 90.4 Å². The second kappa shape index (κ2) is 6.96. The van der Waals surface area contributed by atoms with Crippen molar-refractivity contribution in [3.8, 4) is 11.3 Å². The number of methoxy groups -OCH3 is 1. The van der Waals surface area contributed by atoms with Gasteiger partial charge in [-0.2, -0.15) is 0 Å². The highest BCUT2D eigenvalue weighted by atomic mass is 16.6. The lowest BCUT2D eigenvalue weighted by molar-refractivity contribution is -0.384. The maximum Gasteiger partial charge on any atom is 0.283 e. The third kappa shape index (κ3) is 3.65. The number of oxazole rings is 1. The summed E-state index contributed by atoms with van der Waals surface area (Å²) in [6.07, 6.45) is 1.51. The largest absolute Gasteiger partial charge is 0.439 e. The number of aryl methyl sites for hydroxylation is 1. The number of nitro groups is 1. The predicted octanol–water partition coefficient (Wildman–Crippen LogP) is 2.29. The van der Waals surface area contributed by atoms with Crippen LogP contribution in [0.3, 0.4) is 0 Å². The normalized spacial score (nSPS) is 10.8. The van der Waals surface area contributed by atoms with Crippen LogP contribution in [0.5, 0.6) is 0 Å². The molecule has 21 heavy (non-hydrogen) atoms. The number of benzene rings is 1. The lowest BCUT2D eigenvalue weighted by Gasteiger charge is -2.02. The molecule has 0 aliphatic rings. The van der Waals surface area contributed by atoms with E-state index in [1.807, 2.05) is 0 Å². The third-order valence-corrected chi connectivity index (χ3v) is 3.00. The molecule has 0 saturated carbocycles. The summed E-state index contributed by atoms with van der Waals surface area (Å²) in [7, 11) is 1.63. The Kier molecular flexibility index (Phi) is 5.02. The number of hydrogen-bond donors (Lipinski definition) is 1. The van der Waals surface area contributed by atoms with Gasteiger partial charge in [-0.25, -0.2) is 4.98 Å². The van der Waals surface area contributed by atoms with Gasteiger partial charge in [-0.05, 0) is 13.0 Å². The lowest BCUT2D eigenvalue weighted by Crippen LogP contribution is -2.18. The first-order chi connectivity index (χ1) is 10.1. The zero-order valence-corrected chi connectivity index (χ0v) is 12.0. The molecule has 1 heterocycles. The van der Waals surface area contributed by atoms with Crippen LogP contribution in [0.25, 0.3) is 11.3 Å². The molecule has 0 spiro atoms. The Morgan fingerprint density at radius 2 is 2.29 bits per heavy atom. The lowest BCUT2D eigenvalue weighted by atomic mass is 10.1. The smallest absolute Gasteiger partial charge is 0.283 e. The fourth-order valence-corrected chi connectivity index (χ4v) is 1.99. The number of aromatic nitrogens is 1. The molecule has 1 aromatic carbocycles. The number of nitrogens with one attached hydrogen (secondary N) is 1. The molecular weight excluding hydrogens is 274 g/mol. The van der Waals surface area contributed by atoms with Crippen LogP contribution in [0, 0.1) is 17.0 Å². The number of hydrogen-bond acceptors (Lipinski definition) is 6. The molecule has 0 aliphatic carbocycles. The molecule has 0 bridgehead atoms. The summed E-state index contributed by atoms with van der Waals surface area (Å²) in [5, 5.41) is 14.3. The van der Waals surface area contributed by atoms with Gasteiger partial charge in [0.05, 0.1) is 29.8 Å². The number of nitro benzene ring substituents is 1. The summed E-state index contributed by atoms with van der Waals surface area (Å²) in [6.45, 7) is 3.42. The Morgan fingerprint density at radius 1 is 1.48 bits per heavy atom. The van der Waals surface area contributed by atoms with Crippen molar-refractivity contribution in [3.05, 3.63) is 46.0 Å². The molecule has 0 unspecified atom stereocenters. The van der Waals surface area contributed by atoms with Gasteiger partial charge in [0.25, 0.3) is 5.69 Å². The first kappa shape index (κ1) is 15.1. The van der Waals surface area contributed by atoms with Crippen molar-refractivity contribution >= 4 is 5.69 Å². The highest BCUT2D eigenvalue weighted by Crippen LogP contribution is 2.32. The maximum atomic E-state index is 11.2. The molecule has 2 aromatic rings. The molecule has 0 atom stereocenters. The van der Waals surface area contributed by atoms with Gasteiger partial charge in [0.1, 0.15) is 0 Å². The summed E-state index contributed by atoms with van der Waals surface area (Å²) in [5.41, 5.74) is 1.08. The van der Waals surface area contributed by atoms with Gasteiger partial charge in [-0.3, -0.25) is 10.1 Å². The van der Waals surface area contributed by atoms with Crippen LogP contribution in [0.2, 0.25) is 0 Å². The van der Waals surface area contributed by atoms with Crippen molar-refractivity contribution in [3.63, 3.8) is 0 Å². The summed E-state index contributed by atoms with van der Waals surface area (Å²) in [4.78, 5) is 14.9. The highest BCUT2D eigenvalue weighted by molar-refractivity contribution is 5.71. The van der Waals surface area contributed by atoms with Gasteiger partial charge in [-0.1, -0.05) is 12.1 Å². The van der Waals surface area contributed by atoms with Crippen LogP contribution in [-0.4, -0.2) is 30.2 Å². The summed E-state index contributed by atoms with van der Waals surface area (Å²) < 4.78 is 10.5. The average Bonchev–Trinajstić information content (AvgIpc) is 2.91. The Morgan fingerprint density at radius 3 is 3.00 bits per heavy atom. The SMILES string of the molecule is COCCNCc1ncc(-c2cccc(C)c2[N+](=O)[O-])o1. The van der Waals surface area contributed by atoms with Gasteiger partial charge < -0.3 is 14.5 Å². The minimum Gasteiger partial charge on any atom is -0.439 e. The molecule has 0 radical (unpaired) electrons. The number of para-hydroxylation sites is 1. The molecule has 0 saturated heterocycles. The quantitative estimate of drug-likeness (QED) is 0.478. The standard InChI is InChI=1S/C14H17N3O4/c1-10-4-3-5-11(14(10)17(18)19)12-8-16-13(21-12)9-15-6-7-20-2/h3-5,8,15H,6-7,9H2,1-2H3. The van der Waals surface area contributed by atoms with E-state index in [1.165, 1.54) is 6.20 Å². The van der Waals surface area contributed by atoms with E-state index in [0.29, 0.717) is 42.5 Å². The fourth-order valence-electron chi connectivity index (χ4n) is 1.99. The monoisotopic (exact) mass is 291 g/mol. The molecule has 7 heteroatoms. The zero-order chi connectivity index (χ0) is 15.2. The van der Waals surface area contributed by atoms with Crippen molar-refractivity contribution in [1.82, 2.24) is 10.3 Å². The van der Waals surface area contributed by atoms with E-state index in [2.05, 4.69) is 10.3 Å². The van der Waals surface area contributed by atoms with Crippen LogP contribution < -0.4 is 5.32 Å². The summed E-state index contributed by atoms with van der Waals surface area (Å²) >= 11 is 0. The molecule has 2 rings (SSSR count). The number of nitrogens with zero attached hydrogens (tertiary/aromatic N) is 2. The predicted molar refractivity (Wildman–Crippen MR) is 76.9 cm³/mol. The van der Waals surface area contributed by atoms with Crippen LogP contribution in [0.4, 0.5) is 5.69 Å². The highest BCUT2D eigenvalue weighted by Gasteiger charge is 2.20. The van der Waals surface area contributed by atoms with Gasteiger partial charge in [0.2, 0.25) is 5.89 Å². The third-order valence-electron chi connectivity index (χ3n) is 3.00. The first-order valence-electron chi connectivity index (χ1n) is 6.52. The van der Waals surface area contributed by atoms with E-state index >= 15 is 0 Å². The van der Waals surface area contributed by atoms with Gasteiger partial charge in [0.15, 0.2) is 5.76 Å². The Balaban J connectivity index is 2.18. The van der Waals surface area contributed by atoms with Gasteiger partial charge in [0, 0.05) is 19.2 Å². The van der Waals surface area contributed by atoms with E-state index in [-0.39, 0.29) is 5.69 Å². The summed E-state index contributed by atoms with van der Waals surface area (Å²) in [6, 6.07) is 5.12. The Bertz CT molecular complexity index is 624. The molecular formula is C14H17N3O4. The molecule has 7 nitrogen and oxygen atoms in total. The second-order valence-corrected chi connectivity index (χ2v) is 4.52. The minimum atomic E-state index is -0.399. The van der Waals surface area contributed by atoms with E-state index in [9.17, 15) is 10.1 Å². The van der Waals surface area contributed by atoms with Crippen molar-refractivity contribution in [2.45, 2.75) is 13.5 Å². The van der Waals surface area contributed by atoms with Crippen molar-refractivity contribution in [1.29, 1.82) is 0 Å². The second-order valence-electron chi connectivity index (χ2n) is 4.52. The number of ether oxygens (including phenoxy) is 1. The van der Waals surface area contributed by atoms with Crippen molar-refractivity contribution in [2.75, 3.05) is 20.3 Å². The molecule has 112 valence electrons. The first-order valence-corrected chi connectivity index (χ1v) is 6.52. The average molecular weight is 291 g/mol. The van der Waals surface area contributed by atoms with Gasteiger partial charge >= 0.3 is 0 Å². The van der Waals surface area contributed by atoms with Crippen molar-refractivity contribution in [2.24, 2.45) is 0 Å². The van der Waals surface area contributed by atoms with E-state index in [0.717, 1.165) is 0 Å². The molecule has 0 fully saturated rings. The van der Waals surface area contributed by atoms with Gasteiger partial charge in [-0.15, -0.1) is 0 Å². The van der Waals surface area contributed by atoms with Crippen LogP contribution >= 0.6 is 0 Å². The molecule has 1 aromatic heterocycles. The van der Waals surface area contributed by atoms with Crippen LogP contribution in [-0.2, 0) is 11.3 Å². The zero-order valence-electron chi connectivity index (χ0n) is 12.0. The van der Waals surface area contributed by atoms with E-state index in [4.69, 9.17) is 9.15 Å². The fraction of sp³-hybridized carbons (Fsp3) is 0.357. The molecule has 0 aliphatic heterocycles. The minimum absolute atomic E-state index is 0.0487. The molecule has 0 amide bonds. The summed E-state index contributed by atoms with van der Waals surface area (Å²) in [5.74, 6) is 0.880.